The number of guanidine groups is 1. The minimum Gasteiger partial charge on any atom is -0.508 e. The third-order valence-electron chi connectivity index (χ3n) is 5.95. The molecule has 0 saturated carbocycles. The van der Waals surface area contributed by atoms with Gasteiger partial charge in [0, 0.05) is 19.4 Å². The fraction of sp³-hybridized carbons (Fsp3) is 0.538. The fourth-order valence-electron chi connectivity index (χ4n) is 3.80. The first-order chi connectivity index (χ1) is 19.2. The number of hydrogen-bond acceptors (Lipinski definition) is 8. The zero-order valence-corrected chi connectivity index (χ0v) is 23.3. The van der Waals surface area contributed by atoms with Crippen LogP contribution < -0.4 is 38.9 Å². The van der Waals surface area contributed by atoms with Crippen LogP contribution >= 0.6 is 0 Å². The van der Waals surface area contributed by atoms with E-state index in [0.717, 1.165) is 0 Å². The number of benzene rings is 1. The van der Waals surface area contributed by atoms with Crippen LogP contribution in [0.15, 0.2) is 29.3 Å². The molecular formula is C26H42N8O7. The topological polar surface area (TPSA) is 278 Å². The second-order valence-corrected chi connectivity index (χ2v) is 10.1. The highest BCUT2D eigenvalue weighted by Crippen LogP contribution is 2.13. The zero-order valence-electron chi connectivity index (χ0n) is 23.3. The number of carboxylic acids is 1. The predicted octanol–water partition coefficient (Wildman–Crippen LogP) is -1.83. The number of phenolic OH excluding ortho intramolecular Hbond substituents is 1. The summed E-state index contributed by atoms with van der Waals surface area (Å²) >= 11 is 0. The van der Waals surface area contributed by atoms with Gasteiger partial charge in [0.05, 0.1) is 6.04 Å². The molecule has 0 aliphatic carbocycles. The van der Waals surface area contributed by atoms with Gasteiger partial charge in [0.15, 0.2) is 5.96 Å². The standard InChI is InChI=1S/C26H42N8O7/c1-14(2)12-19(24(39)34-20(25(40)41)13-15-5-7-16(35)8-6-15)33-23(38)18(9-10-21(28)36)32-22(37)17(27)4-3-11-31-26(29)30/h5-8,14,17-20,35H,3-4,9-13,27H2,1-2H3,(H2,28,36)(H,32,37)(H,33,38)(H,34,39)(H,40,41)(H4,29,30,31). The van der Waals surface area contributed by atoms with Crippen LogP contribution in [-0.2, 0) is 30.4 Å². The van der Waals surface area contributed by atoms with Crippen molar-refractivity contribution < 1.29 is 34.2 Å². The van der Waals surface area contributed by atoms with Crippen LogP contribution in [0.5, 0.6) is 5.75 Å². The summed E-state index contributed by atoms with van der Waals surface area (Å²) in [6, 6.07) is 1.15. The molecular weight excluding hydrogens is 536 g/mol. The molecule has 1 aromatic carbocycles. The van der Waals surface area contributed by atoms with Crippen LogP contribution in [-0.4, -0.2) is 76.5 Å². The van der Waals surface area contributed by atoms with Crippen molar-refractivity contribution in [1.82, 2.24) is 16.0 Å². The van der Waals surface area contributed by atoms with Crippen LogP contribution in [0.4, 0.5) is 0 Å². The SMILES string of the molecule is CC(C)CC(NC(=O)C(CCC(N)=O)NC(=O)C(N)CCCN=C(N)N)C(=O)NC(Cc1ccc(O)cc1)C(=O)O. The lowest BCUT2D eigenvalue weighted by molar-refractivity contribution is -0.142. The van der Waals surface area contributed by atoms with Gasteiger partial charge in [-0.05, 0) is 49.3 Å². The number of carboxylic acid groups (broad SMARTS) is 1. The highest BCUT2D eigenvalue weighted by molar-refractivity contribution is 5.94. The van der Waals surface area contributed by atoms with Crippen molar-refractivity contribution in [3.8, 4) is 5.75 Å². The minimum atomic E-state index is -1.32. The van der Waals surface area contributed by atoms with E-state index in [9.17, 15) is 34.2 Å². The molecule has 4 atom stereocenters. The Hall–Kier alpha value is -4.40. The molecule has 1 rings (SSSR count). The molecule has 4 unspecified atom stereocenters. The third-order valence-corrected chi connectivity index (χ3v) is 5.95. The van der Waals surface area contributed by atoms with Gasteiger partial charge >= 0.3 is 5.97 Å². The van der Waals surface area contributed by atoms with Crippen molar-refractivity contribution in [2.24, 2.45) is 33.8 Å². The summed E-state index contributed by atoms with van der Waals surface area (Å²) in [4.78, 5) is 66.1. The van der Waals surface area contributed by atoms with E-state index in [0.29, 0.717) is 12.0 Å². The number of nitrogens with two attached hydrogens (primary N) is 4. The number of hydrogen-bond donors (Lipinski definition) is 9. The normalized spacial score (nSPS) is 13.8. The lowest BCUT2D eigenvalue weighted by atomic mass is 10.0. The second kappa shape index (κ2) is 17.3. The molecule has 0 fully saturated rings. The molecule has 228 valence electrons. The Morgan fingerprint density at radius 1 is 0.854 bits per heavy atom. The van der Waals surface area contributed by atoms with Crippen molar-refractivity contribution in [2.45, 2.75) is 76.5 Å². The Balaban J connectivity index is 2.99. The number of aliphatic carboxylic acids is 1. The molecule has 0 bridgehead atoms. The number of nitrogens with zero attached hydrogens (tertiary/aromatic N) is 1. The van der Waals surface area contributed by atoms with Crippen molar-refractivity contribution in [3.05, 3.63) is 29.8 Å². The molecule has 0 aliphatic heterocycles. The van der Waals surface area contributed by atoms with Gasteiger partial charge in [0.1, 0.15) is 23.9 Å². The molecule has 15 heteroatoms. The first-order valence-corrected chi connectivity index (χ1v) is 13.2. The molecule has 15 nitrogen and oxygen atoms in total. The summed E-state index contributed by atoms with van der Waals surface area (Å²) in [6.07, 6.45) is 0.319. The maximum atomic E-state index is 13.2. The number of primary amides is 1. The van der Waals surface area contributed by atoms with Gasteiger partial charge in [-0.25, -0.2) is 4.79 Å². The average Bonchev–Trinajstić information content (AvgIpc) is 2.88. The molecule has 0 saturated heterocycles. The Kier molecular flexibility index (Phi) is 14.6. The molecule has 4 amide bonds. The summed E-state index contributed by atoms with van der Waals surface area (Å²) in [6.45, 7) is 3.88. The van der Waals surface area contributed by atoms with Crippen LogP contribution in [0.2, 0.25) is 0 Å². The van der Waals surface area contributed by atoms with Crippen molar-refractivity contribution >= 4 is 35.6 Å². The Labute approximate surface area is 238 Å². The smallest absolute Gasteiger partial charge is 0.326 e. The number of carbonyl (C=O) groups is 5. The van der Waals surface area contributed by atoms with E-state index in [1.54, 1.807) is 0 Å². The fourth-order valence-corrected chi connectivity index (χ4v) is 3.80. The van der Waals surface area contributed by atoms with E-state index in [4.69, 9.17) is 22.9 Å². The average molecular weight is 579 g/mol. The number of aromatic hydroxyl groups is 1. The monoisotopic (exact) mass is 578 g/mol. The van der Waals surface area contributed by atoms with E-state index in [-0.39, 0.29) is 56.3 Å². The maximum absolute atomic E-state index is 13.2. The van der Waals surface area contributed by atoms with Gasteiger partial charge in [-0.15, -0.1) is 0 Å². The zero-order chi connectivity index (χ0) is 31.1. The molecule has 0 spiro atoms. The number of nitrogens with one attached hydrogen (secondary N) is 3. The number of rotatable bonds is 18. The maximum Gasteiger partial charge on any atom is 0.326 e. The second-order valence-electron chi connectivity index (χ2n) is 10.1. The lowest BCUT2D eigenvalue weighted by Crippen LogP contribution is -2.57. The van der Waals surface area contributed by atoms with E-state index >= 15 is 0 Å². The van der Waals surface area contributed by atoms with Crippen molar-refractivity contribution in [2.75, 3.05) is 6.54 Å². The molecule has 0 aliphatic rings. The number of amides is 4. The van der Waals surface area contributed by atoms with E-state index < -0.39 is 53.8 Å². The highest BCUT2D eigenvalue weighted by Gasteiger charge is 2.31. The van der Waals surface area contributed by atoms with Crippen LogP contribution in [0, 0.1) is 5.92 Å². The molecule has 13 N–H and O–H groups in total. The van der Waals surface area contributed by atoms with Crippen molar-refractivity contribution in [1.29, 1.82) is 0 Å². The summed E-state index contributed by atoms with van der Waals surface area (Å²) in [5.41, 5.74) is 22.3. The quantitative estimate of drug-likeness (QED) is 0.0533. The third kappa shape index (κ3) is 14.0. The molecule has 1 aromatic rings. The van der Waals surface area contributed by atoms with Crippen LogP contribution in [0.1, 0.15) is 51.5 Å². The van der Waals surface area contributed by atoms with Gasteiger partial charge in [-0.3, -0.25) is 24.2 Å². The first kappa shape index (κ1) is 34.6. The van der Waals surface area contributed by atoms with Crippen LogP contribution in [0.25, 0.3) is 0 Å². The van der Waals surface area contributed by atoms with Crippen LogP contribution in [0.3, 0.4) is 0 Å². The summed E-state index contributed by atoms with van der Waals surface area (Å²) in [5.74, 6) is -4.33. The van der Waals surface area contributed by atoms with Gasteiger partial charge in [0.25, 0.3) is 0 Å². The minimum absolute atomic E-state index is 0.00857. The molecule has 0 radical (unpaired) electrons. The van der Waals surface area contributed by atoms with Gasteiger partial charge in [-0.1, -0.05) is 26.0 Å². The molecule has 0 aromatic heterocycles. The van der Waals surface area contributed by atoms with Gasteiger partial charge in [-0.2, -0.15) is 0 Å². The molecule has 41 heavy (non-hydrogen) atoms. The lowest BCUT2D eigenvalue weighted by Gasteiger charge is -2.26. The predicted molar refractivity (Wildman–Crippen MR) is 151 cm³/mol. The number of carbonyl (C=O) groups excluding carboxylic acids is 4. The summed E-state index contributed by atoms with van der Waals surface area (Å²) in [5, 5.41) is 26.6. The van der Waals surface area contributed by atoms with Gasteiger partial charge < -0.3 is 49.1 Å². The Morgan fingerprint density at radius 2 is 1.41 bits per heavy atom. The van der Waals surface area contributed by atoms with Crippen molar-refractivity contribution in [3.63, 3.8) is 0 Å². The summed E-state index contributed by atoms with van der Waals surface area (Å²) in [7, 11) is 0. The Bertz CT molecular complexity index is 1070. The Morgan fingerprint density at radius 3 is 1.95 bits per heavy atom. The number of aliphatic imine (C=N–C) groups is 1. The molecule has 0 heterocycles. The van der Waals surface area contributed by atoms with Gasteiger partial charge in [0.2, 0.25) is 23.6 Å². The first-order valence-electron chi connectivity index (χ1n) is 13.2. The van der Waals surface area contributed by atoms with E-state index in [1.807, 2.05) is 13.8 Å². The largest absolute Gasteiger partial charge is 0.508 e. The number of phenols is 1. The van der Waals surface area contributed by atoms with E-state index in [2.05, 4.69) is 20.9 Å². The van der Waals surface area contributed by atoms with E-state index in [1.165, 1.54) is 24.3 Å². The highest BCUT2D eigenvalue weighted by atomic mass is 16.4. The summed E-state index contributed by atoms with van der Waals surface area (Å²) < 4.78 is 0.